The van der Waals surface area contributed by atoms with E-state index in [0.29, 0.717) is 5.69 Å². The summed E-state index contributed by atoms with van der Waals surface area (Å²) in [7, 11) is 0. The van der Waals surface area contributed by atoms with Crippen LogP contribution in [0.2, 0.25) is 0 Å². The van der Waals surface area contributed by atoms with Crippen LogP contribution in [0.5, 0.6) is 0 Å². The molecule has 3 N–H and O–H groups in total. The zero-order valence-corrected chi connectivity index (χ0v) is 9.24. The Hall–Kier alpha value is -1.88. The van der Waals surface area contributed by atoms with Gasteiger partial charge < -0.3 is 5.73 Å². The number of hydrogen-bond donors (Lipinski definition) is 2. The highest BCUT2D eigenvalue weighted by molar-refractivity contribution is 7.99. The van der Waals surface area contributed by atoms with E-state index < -0.39 is 0 Å². The molecule has 0 aromatic carbocycles. The Kier molecular flexibility index (Phi) is 3.16. The van der Waals surface area contributed by atoms with Gasteiger partial charge in [0.2, 0.25) is 0 Å². The van der Waals surface area contributed by atoms with Gasteiger partial charge in [-0.2, -0.15) is 0 Å². The molecule has 0 aliphatic rings. The van der Waals surface area contributed by atoms with Crippen molar-refractivity contribution in [3.63, 3.8) is 0 Å². The van der Waals surface area contributed by atoms with Crippen molar-refractivity contribution in [2.45, 2.75) is 9.92 Å². The average molecular weight is 230 g/mol. The topological polar surface area (TPSA) is 75.7 Å². The summed E-state index contributed by atoms with van der Waals surface area (Å²) in [5.41, 5.74) is 5.86. The maximum atomic E-state index is 7.30. The van der Waals surface area contributed by atoms with Gasteiger partial charge in [0.1, 0.15) is 16.6 Å². The Labute approximate surface area is 97.4 Å². The number of pyridine rings is 2. The molecule has 0 aliphatic heterocycles. The van der Waals surface area contributed by atoms with Crippen molar-refractivity contribution in [3.05, 3.63) is 48.4 Å². The Balaban J connectivity index is 2.22. The molecule has 2 heterocycles. The molecular weight excluding hydrogens is 220 g/mol. The fourth-order valence-electron chi connectivity index (χ4n) is 1.15. The predicted molar refractivity (Wildman–Crippen MR) is 63.6 cm³/mol. The number of nitrogens with zero attached hydrogens (tertiary/aromatic N) is 2. The maximum Gasteiger partial charge on any atom is 0.141 e. The van der Waals surface area contributed by atoms with Gasteiger partial charge in [0.15, 0.2) is 0 Å². The fraction of sp³-hybridized carbons (Fsp3) is 0. The number of nitrogens with one attached hydrogen (secondary N) is 1. The third-order valence-electron chi connectivity index (χ3n) is 1.87. The number of hydrogen-bond acceptors (Lipinski definition) is 4. The molecule has 2 aromatic heterocycles. The smallest absolute Gasteiger partial charge is 0.141 e. The van der Waals surface area contributed by atoms with E-state index in [1.165, 1.54) is 11.8 Å². The zero-order valence-electron chi connectivity index (χ0n) is 8.42. The van der Waals surface area contributed by atoms with Gasteiger partial charge in [-0.1, -0.05) is 17.8 Å². The minimum absolute atomic E-state index is 0.0246. The zero-order chi connectivity index (χ0) is 11.4. The van der Waals surface area contributed by atoms with Gasteiger partial charge >= 0.3 is 0 Å². The quantitative estimate of drug-likeness (QED) is 0.624. The lowest BCUT2D eigenvalue weighted by Gasteiger charge is -2.02. The Bertz CT molecular complexity index is 498. The van der Waals surface area contributed by atoms with Crippen molar-refractivity contribution >= 4 is 17.6 Å². The first-order chi connectivity index (χ1) is 7.75. The summed E-state index contributed by atoms with van der Waals surface area (Å²) in [6, 6.07) is 9.38. The van der Waals surface area contributed by atoms with Crippen LogP contribution < -0.4 is 5.73 Å². The van der Waals surface area contributed by atoms with Crippen LogP contribution in [0.4, 0.5) is 0 Å². The molecule has 0 aliphatic carbocycles. The van der Waals surface area contributed by atoms with Gasteiger partial charge in [0, 0.05) is 17.3 Å². The highest BCUT2D eigenvalue weighted by Gasteiger charge is 2.02. The first-order valence-electron chi connectivity index (χ1n) is 4.65. The van der Waals surface area contributed by atoms with E-state index in [-0.39, 0.29) is 5.84 Å². The molecule has 0 radical (unpaired) electrons. The minimum Gasteiger partial charge on any atom is -0.382 e. The fourth-order valence-corrected chi connectivity index (χ4v) is 1.95. The minimum atomic E-state index is -0.0246. The van der Waals surface area contributed by atoms with Crippen molar-refractivity contribution in [3.8, 4) is 0 Å². The summed E-state index contributed by atoms with van der Waals surface area (Å²) >= 11 is 1.52. The molecule has 2 aromatic rings. The van der Waals surface area contributed by atoms with E-state index in [1.54, 1.807) is 18.5 Å². The molecule has 80 valence electrons. The highest BCUT2D eigenvalue weighted by atomic mass is 32.2. The predicted octanol–water partition coefficient (Wildman–Crippen LogP) is 1.91. The molecule has 0 bridgehead atoms. The van der Waals surface area contributed by atoms with E-state index in [4.69, 9.17) is 11.1 Å². The van der Waals surface area contributed by atoms with Crippen LogP contribution in [0.25, 0.3) is 0 Å². The van der Waals surface area contributed by atoms with E-state index in [2.05, 4.69) is 9.97 Å². The Morgan fingerprint density at radius 3 is 2.75 bits per heavy atom. The second-order valence-corrected chi connectivity index (χ2v) is 4.15. The molecule has 0 unspecified atom stereocenters. The third kappa shape index (κ3) is 2.58. The monoisotopic (exact) mass is 230 g/mol. The van der Waals surface area contributed by atoms with E-state index in [9.17, 15) is 0 Å². The van der Waals surface area contributed by atoms with Crippen LogP contribution in [0.15, 0.2) is 52.6 Å². The molecule has 0 fully saturated rings. The van der Waals surface area contributed by atoms with Crippen molar-refractivity contribution in [2.75, 3.05) is 0 Å². The van der Waals surface area contributed by atoms with Crippen molar-refractivity contribution in [1.29, 1.82) is 5.41 Å². The Morgan fingerprint density at radius 1 is 1.19 bits per heavy atom. The number of nitrogens with two attached hydrogens (primary N) is 1. The summed E-state index contributed by atoms with van der Waals surface area (Å²) in [5.74, 6) is -0.0246. The van der Waals surface area contributed by atoms with Crippen LogP contribution in [0.3, 0.4) is 0 Å². The first-order valence-corrected chi connectivity index (χ1v) is 5.47. The third-order valence-corrected chi connectivity index (χ3v) is 2.81. The van der Waals surface area contributed by atoms with E-state index in [1.807, 2.05) is 24.3 Å². The molecule has 4 nitrogen and oxygen atoms in total. The second-order valence-electron chi connectivity index (χ2n) is 3.06. The molecule has 0 amide bonds. The molecule has 0 saturated carbocycles. The summed E-state index contributed by atoms with van der Waals surface area (Å²) < 4.78 is 0. The number of nitrogen functional groups attached to an aromatic ring is 1. The molecular formula is C11H10N4S. The maximum absolute atomic E-state index is 7.30. The largest absolute Gasteiger partial charge is 0.382 e. The van der Waals surface area contributed by atoms with Crippen molar-refractivity contribution in [2.24, 2.45) is 5.73 Å². The lowest BCUT2D eigenvalue weighted by molar-refractivity contribution is 1.13. The molecule has 0 atom stereocenters. The molecule has 2 rings (SSSR count). The van der Waals surface area contributed by atoms with Gasteiger partial charge in [-0.15, -0.1) is 0 Å². The van der Waals surface area contributed by atoms with Crippen LogP contribution in [-0.2, 0) is 0 Å². The number of rotatable bonds is 3. The Morgan fingerprint density at radius 2 is 2.06 bits per heavy atom. The van der Waals surface area contributed by atoms with Gasteiger partial charge in [0.05, 0.1) is 0 Å². The van der Waals surface area contributed by atoms with Gasteiger partial charge in [-0.25, -0.2) is 4.98 Å². The number of aromatic nitrogens is 2. The number of amidine groups is 1. The second kappa shape index (κ2) is 4.76. The van der Waals surface area contributed by atoms with E-state index in [0.717, 1.165) is 9.92 Å². The van der Waals surface area contributed by atoms with Crippen LogP contribution >= 0.6 is 11.8 Å². The first kappa shape index (κ1) is 10.6. The molecule has 16 heavy (non-hydrogen) atoms. The van der Waals surface area contributed by atoms with Gasteiger partial charge in [0.25, 0.3) is 0 Å². The SMILES string of the molecule is N=C(N)c1cc(Sc2ccccn2)ccn1. The molecule has 0 spiro atoms. The normalized spacial score (nSPS) is 10.0. The standard InChI is InChI=1S/C11H10N4S/c12-11(13)9-7-8(4-6-14-9)16-10-3-1-2-5-15-10/h1-7H,(H3,12,13). The van der Waals surface area contributed by atoms with Crippen LogP contribution in [0, 0.1) is 5.41 Å². The highest BCUT2D eigenvalue weighted by Crippen LogP contribution is 2.25. The lowest BCUT2D eigenvalue weighted by atomic mass is 10.3. The van der Waals surface area contributed by atoms with Gasteiger partial charge in [-0.3, -0.25) is 10.4 Å². The average Bonchev–Trinajstić information content (AvgIpc) is 2.30. The summed E-state index contributed by atoms with van der Waals surface area (Å²) in [5, 5.41) is 8.21. The summed E-state index contributed by atoms with van der Waals surface area (Å²) in [6.45, 7) is 0. The van der Waals surface area contributed by atoms with Crippen LogP contribution in [0.1, 0.15) is 5.69 Å². The van der Waals surface area contributed by atoms with Crippen LogP contribution in [-0.4, -0.2) is 15.8 Å². The lowest BCUT2D eigenvalue weighted by Crippen LogP contribution is -2.12. The van der Waals surface area contributed by atoms with Crippen molar-refractivity contribution < 1.29 is 0 Å². The summed E-state index contributed by atoms with van der Waals surface area (Å²) in [4.78, 5) is 9.17. The van der Waals surface area contributed by atoms with Gasteiger partial charge in [-0.05, 0) is 24.3 Å². The summed E-state index contributed by atoms with van der Waals surface area (Å²) in [6.07, 6.45) is 3.39. The van der Waals surface area contributed by atoms with E-state index >= 15 is 0 Å². The van der Waals surface area contributed by atoms with Crippen molar-refractivity contribution in [1.82, 2.24) is 9.97 Å². The molecule has 0 saturated heterocycles. The molecule has 5 heteroatoms.